The number of aliphatic hydroxyl groups is 1. The quantitative estimate of drug-likeness (QED) is 0.248. The predicted molar refractivity (Wildman–Crippen MR) is 114 cm³/mol. The fourth-order valence-corrected chi connectivity index (χ4v) is 2.59. The maximum Gasteiger partial charge on any atom is 0.269 e. The molecule has 0 radical (unpaired) electrons. The van der Waals surface area contributed by atoms with E-state index >= 15 is 0 Å². The molecule has 0 aliphatic heterocycles. The Kier molecular flexibility index (Phi) is 8.69. The number of halogens is 1. The van der Waals surface area contributed by atoms with E-state index < -0.39 is 11.0 Å². The fraction of sp³-hybridized carbons (Fsp3) is 0.350. The Hall–Kier alpha value is -2.84. The second kappa shape index (κ2) is 11.2. The summed E-state index contributed by atoms with van der Waals surface area (Å²) in [5, 5.41) is 27.9. The molecule has 0 saturated carbocycles. The highest BCUT2D eigenvalue weighted by Gasteiger charge is 2.10. The van der Waals surface area contributed by atoms with Crippen LogP contribution < -0.4 is 15.4 Å². The molecule has 29 heavy (non-hydrogen) atoms. The molecule has 2 unspecified atom stereocenters. The minimum absolute atomic E-state index is 0.00133. The second-order valence-electron chi connectivity index (χ2n) is 6.35. The van der Waals surface area contributed by atoms with Gasteiger partial charge < -0.3 is 20.5 Å². The van der Waals surface area contributed by atoms with Gasteiger partial charge in [-0.3, -0.25) is 15.1 Å². The lowest BCUT2D eigenvalue weighted by Gasteiger charge is -2.19. The first kappa shape index (κ1) is 22.4. The van der Waals surface area contributed by atoms with E-state index in [2.05, 4.69) is 15.6 Å². The number of aliphatic hydroxyl groups excluding tert-OH is 1. The van der Waals surface area contributed by atoms with E-state index in [4.69, 9.17) is 16.3 Å². The SMILES string of the molecule is CCNC(=NCC(O)COc1ccc([N+](=O)[O-])cc1)NC(C)c1ccc(Cl)cc1. The zero-order chi connectivity index (χ0) is 21.2. The van der Waals surface area contributed by atoms with Gasteiger partial charge in [0.1, 0.15) is 18.5 Å². The largest absolute Gasteiger partial charge is 0.491 e. The molecule has 2 aromatic rings. The van der Waals surface area contributed by atoms with Gasteiger partial charge in [0.05, 0.1) is 17.5 Å². The van der Waals surface area contributed by atoms with Crippen LogP contribution in [0.3, 0.4) is 0 Å². The lowest BCUT2D eigenvalue weighted by Crippen LogP contribution is -2.39. The van der Waals surface area contributed by atoms with Crippen LogP contribution in [0.4, 0.5) is 5.69 Å². The summed E-state index contributed by atoms with van der Waals surface area (Å²) in [4.78, 5) is 14.6. The highest BCUT2D eigenvalue weighted by molar-refractivity contribution is 6.30. The van der Waals surface area contributed by atoms with Crippen LogP contribution in [0.25, 0.3) is 0 Å². The molecule has 0 amide bonds. The lowest BCUT2D eigenvalue weighted by atomic mass is 10.1. The summed E-state index contributed by atoms with van der Waals surface area (Å²) in [5.41, 5.74) is 1.04. The minimum atomic E-state index is -0.827. The van der Waals surface area contributed by atoms with Crippen molar-refractivity contribution in [1.29, 1.82) is 0 Å². The zero-order valence-electron chi connectivity index (χ0n) is 16.3. The molecular formula is C20H25ClN4O4. The van der Waals surface area contributed by atoms with Crippen molar-refractivity contribution in [3.8, 4) is 5.75 Å². The van der Waals surface area contributed by atoms with E-state index in [1.54, 1.807) is 0 Å². The van der Waals surface area contributed by atoms with Crippen LogP contribution in [0, 0.1) is 10.1 Å². The van der Waals surface area contributed by atoms with Crippen molar-refractivity contribution in [3.05, 3.63) is 69.2 Å². The van der Waals surface area contributed by atoms with Gasteiger partial charge in [-0.2, -0.15) is 0 Å². The van der Waals surface area contributed by atoms with Crippen molar-refractivity contribution in [1.82, 2.24) is 10.6 Å². The van der Waals surface area contributed by atoms with Gasteiger partial charge in [0.25, 0.3) is 5.69 Å². The van der Waals surface area contributed by atoms with Crippen molar-refractivity contribution >= 4 is 23.2 Å². The molecule has 8 nitrogen and oxygen atoms in total. The Labute approximate surface area is 174 Å². The molecule has 0 aliphatic rings. The Bertz CT molecular complexity index is 812. The van der Waals surface area contributed by atoms with Gasteiger partial charge in [-0.15, -0.1) is 0 Å². The molecule has 0 bridgehead atoms. The second-order valence-corrected chi connectivity index (χ2v) is 6.79. The van der Waals surface area contributed by atoms with Crippen LogP contribution in [0.2, 0.25) is 5.02 Å². The van der Waals surface area contributed by atoms with Crippen molar-refractivity contribution in [2.75, 3.05) is 19.7 Å². The molecule has 2 aromatic carbocycles. The van der Waals surface area contributed by atoms with Gasteiger partial charge in [0, 0.05) is 23.7 Å². The smallest absolute Gasteiger partial charge is 0.269 e. The number of ether oxygens (including phenoxy) is 1. The number of hydrogen-bond donors (Lipinski definition) is 3. The molecule has 0 heterocycles. The van der Waals surface area contributed by atoms with Crippen LogP contribution >= 0.6 is 11.6 Å². The van der Waals surface area contributed by atoms with E-state index in [0.717, 1.165) is 5.56 Å². The molecule has 0 aromatic heterocycles. The van der Waals surface area contributed by atoms with Gasteiger partial charge in [0.2, 0.25) is 0 Å². The van der Waals surface area contributed by atoms with Crippen molar-refractivity contribution in [3.63, 3.8) is 0 Å². The number of nitrogens with zero attached hydrogens (tertiary/aromatic N) is 2. The predicted octanol–water partition coefficient (Wildman–Crippen LogP) is 3.30. The summed E-state index contributed by atoms with van der Waals surface area (Å²) in [5.74, 6) is 1.02. The number of guanidine groups is 1. The van der Waals surface area contributed by atoms with Gasteiger partial charge >= 0.3 is 0 Å². The van der Waals surface area contributed by atoms with E-state index in [1.807, 2.05) is 38.1 Å². The molecule has 2 rings (SSSR count). The van der Waals surface area contributed by atoms with Crippen molar-refractivity contribution in [2.45, 2.75) is 26.0 Å². The highest BCUT2D eigenvalue weighted by atomic mass is 35.5. The summed E-state index contributed by atoms with van der Waals surface area (Å²) >= 11 is 5.93. The molecule has 3 N–H and O–H groups in total. The van der Waals surface area contributed by atoms with Crippen LogP contribution in [0.15, 0.2) is 53.5 Å². The maximum absolute atomic E-state index is 10.7. The Morgan fingerprint density at radius 2 is 1.90 bits per heavy atom. The Morgan fingerprint density at radius 1 is 1.24 bits per heavy atom. The normalized spacial score (nSPS) is 13.4. The summed E-state index contributed by atoms with van der Waals surface area (Å²) < 4.78 is 5.46. The molecule has 156 valence electrons. The number of rotatable bonds is 9. The number of nitrogens with one attached hydrogen (secondary N) is 2. The third kappa shape index (κ3) is 7.59. The summed E-state index contributed by atoms with van der Waals surface area (Å²) in [6, 6.07) is 13.2. The highest BCUT2D eigenvalue weighted by Crippen LogP contribution is 2.18. The molecule has 2 atom stereocenters. The van der Waals surface area contributed by atoms with E-state index in [-0.39, 0.29) is 24.9 Å². The molecular weight excluding hydrogens is 396 g/mol. The molecule has 0 saturated heterocycles. The monoisotopic (exact) mass is 420 g/mol. The Balaban J connectivity index is 1.87. The van der Waals surface area contributed by atoms with Crippen LogP contribution in [-0.2, 0) is 0 Å². The summed E-state index contributed by atoms with van der Waals surface area (Å²) in [6.07, 6.45) is -0.827. The Morgan fingerprint density at radius 3 is 2.48 bits per heavy atom. The standard InChI is InChI=1S/C20H25ClN4O4/c1-3-22-20(24-14(2)15-4-6-16(21)7-5-15)23-12-18(26)13-29-19-10-8-17(9-11-19)25(27)28/h4-11,14,18,26H,3,12-13H2,1-2H3,(H2,22,23,24). The van der Waals surface area contributed by atoms with Gasteiger partial charge in [0.15, 0.2) is 5.96 Å². The lowest BCUT2D eigenvalue weighted by molar-refractivity contribution is -0.384. The van der Waals surface area contributed by atoms with Crippen molar-refractivity contribution < 1.29 is 14.8 Å². The summed E-state index contributed by atoms with van der Waals surface area (Å²) in [6.45, 7) is 4.79. The van der Waals surface area contributed by atoms with Gasteiger partial charge in [-0.1, -0.05) is 23.7 Å². The number of nitro groups is 1. The van der Waals surface area contributed by atoms with Crippen LogP contribution in [-0.4, -0.2) is 41.8 Å². The fourth-order valence-electron chi connectivity index (χ4n) is 2.47. The van der Waals surface area contributed by atoms with Crippen LogP contribution in [0.5, 0.6) is 5.75 Å². The number of hydrogen-bond acceptors (Lipinski definition) is 5. The average Bonchev–Trinajstić information content (AvgIpc) is 2.71. The summed E-state index contributed by atoms with van der Waals surface area (Å²) in [7, 11) is 0. The first-order valence-corrected chi connectivity index (χ1v) is 9.62. The van der Waals surface area contributed by atoms with Gasteiger partial charge in [-0.05, 0) is 43.7 Å². The third-order valence-corrected chi connectivity index (χ3v) is 4.27. The van der Waals surface area contributed by atoms with E-state index in [0.29, 0.717) is 23.3 Å². The van der Waals surface area contributed by atoms with Crippen LogP contribution in [0.1, 0.15) is 25.5 Å². The van der Waals surface area contributed by atoms with Gasteiger partial charge in [-0.25, -0.2) is 0 Å². The average molecular weight is 421 g/mol. The molecule has 0 fully saturated rings. The zero-order valence-corrected chi connectivity index (χ0v) is 17.1. The topological polar surface area (TPSA) is 109 Å². The van der Waals surface area contributed by atoms with E-state index in [9.17, 15) is 15.2 Å². The number of benzene rings is 2. The molecule has 9 heteroatoms. The first-order valence-electron chi connectivity index (χ1n) is 9.24. The molecule has 0 aliphatic carbocycles. The molecule has 0 spiro atoms. The maximum atomic E-state index is 10.7. The third-order valence-electron chi connectivity index (χ3n) is 4.02. The first-order chi connectivity index (χ1) is 13.9. The number of nitro benzene ring substituents is 1. The number of aliphatic imine (C=N–C) groups is 1. The number of non-ortho nitro benzene ring substituents is 1. The van der Waals surface area contributed by atoms with Crippen molar-refractivity contribution in [2.24, 2.45) is 4.99 Å². The minimum Gasteiger partial charge on any atom is -0.491 e. The van der Waals surface area contributed by atoms with E-state index in [1.165, 1.54) is 24.3 Å².